The van der Waals surface area contributed by atoms with Crippen LogP contribution in [0.5, 0.6) is 0 Å². The molecule has 0 aromatic heterocycles. The maximum atomic E-state index is 12.1. The Morgan fingerprint density at radius 3 is 2.86 bits per heavy atom. The number of hydrogen-bond acceptors (Lipinski definition) is 4. The number of amides is 3. The van der Waals surface area contributed by atoms with E-state index in [4.69, 9.17) is 5.11 Å². The number of carbonyl (C=O) groups is 2. The summed E-state index contributed by atoms with van der Waals surface area (Å²) in [5.41, 5.74) is 0. The van der Waals surface area contributed by atoms with Crippen LogP contribution in [0.3, 0.4) is 0 Å². The average Bonchev–Trinajstić information content (AvgIpc) is 3.00. The molecule has 2 saturated heterocycles. The van der Waals surface area contributed by atoms with Crippen molar-refractivity contribution in [3.05, 3.63) is 0 Å². The standard InChI is InChI=1S/C15H27N3O3S/c1-10(2)18(7-8-19)13(20)6-4-3-5-12-14-11(9-22-12)16-15(21)17-14/h10-12,14,19H,3-9H2,1-2H3,(H2,16,17,21)/t11-,12-,14-/m0/s1. The van der Waals surface area contributed by atoms with Crippen LogP contribution in [0.4, 0.5) is 4.79 Å². The number of nitrogens with zero attached hydrogens (tertiary/aromatic N) is 1. The second-order valence-corrected chi connectivity index (χ2v) is 7.54. The van der Waals surface area contributed by atoms with Gasteiger partial charge >= 0.3 is 6.03 Å². The Labute approximate surface area is 136 Å². The van der Waals surface area contributed by atoms with Gasteiger partial charge in [0, 0.05) is 30.0 Å². The minimum atomic E-state index is -0.0490. The van der Waals surface area contributed by atoms with Gasteiger partial charge in [0.25, 0.3) is 0 Å². The molecule has 0 saturated carbocycles. The van der Waals surface area contributed by atoms with Crippen LogP contribution in [0.15, 0.2) is 0 Å². The maximum absolute atomic E-state index is 12.1. The zero-order chi connectivity index (χ0) is 16.1. The first kappa shape index (κ1) is 17.4. The van der Waals surface area contributed by atoms with Gasteiger partial charge in [-0.2, -0.15) is 11.8 Å². The molecule has 2 fully saturated rings. The zero-order valence-corrected chi connectivity index (χ0v) is 14.2. The number of aliphatic hydroxyl groups is 1. The van der Waals surface area contributed by atoms with E-state index < -0.39 is 0 Å². The number of thioether (sulfide) groups is 1. The van der Waals surface area contributed by atoms with E-state index >= 15 is 0 Å². The van der Waals surface area contributed by atoms with E-state index in [0.717, 1.165) is 25.0 Å². The van der Waals surface area contributed by atoms with Crippen LogP contribution in [0, 0.1) is 0 Å². The lowest BCUT2D eigenvalue weighted by atomic mass is 10.0. The predicted molar refractivity (Wildman–Crippen MR) is 87.9 cm³/mol. The van der Waals surface area contributed by atoms with E-state index in [-0.39, 0.29) is 36.7 Å². The highest BCUT2D eigenvalue weighted by Crippen LogP contribution is 2.33. The lowest BCUT2D eigenvalue weighted by Gasteiger charge is -2.26. The third-order valence-corrected chi connectivity index (χ3v) is 5.86. The molecule has 0 radical (unpaired) electrons. The van der Waals surface area contributed by atoms with Crippen molar-refractivity contribution in [3.8, 4) is 0 Å². The number of rotatable bonds is 8. The van der Waals surface area contributed by atoms with Gasteiger partial charge in [-0.15, -0.1) is 0 Å². The molecule has 2 aliphatic heterocycles. The highest BCUT2D eigenvalue weighted by molar-refractivity contribution is 8.00. The van der Waals surface area contributed by atoms with Crippen LogP contribution < -0.4 is 10.6 Å². The van der Waals surface area contributed by atoms with E-state index in [2.05, 4.69) is 10.6 Å². The van der Waals surface area contributed by atoms with Crippen molar-refractivity contribution in [1.82, 2.24) is 15.5 Å². The fraction of sp³-hybridized carbons (Fsp3) is 0.867. The molecule has 6 nitrogen and oxygen atoms in total. The molecular weight excluding hydrogens is 302 g/mol. The zero-order valence-electron chi connectivity index (χ0n) is 13.4. The SMILES string of the molecule is CC(C)N(CCO)C(=O)CCCC[C@@H]1SC[C@@H]2NC(=O)N[C@@H]21. The first-order valence-corrected chi connectivity index (χ1v) is 9.16. The molecule has 3 amide bonds. The summed E-state index contributed by atoms with van der Waals surface area (Å²) in [6, 6.07) is 0.595. The number of aliphatic hydroxyl groups excluding tert-OH is 1. The fourth-order valence-electron chi connectivity index (χ4n) is 3.19. The number of carbonyl (C=O) groups excluding carboxylic acids is 2. The largest absolute Gasteiger partial charge is 0.395 e. The Kier molecular flexibility index (Phi) is 6.37. The van der Waals surface area contributed by atoms with Gasteiger partial charge in [0.1, 0.15) is 0 Å². The van der Waals surface area contributed by atoms with Crippen molar-refractivity contribution in [1.29, 1.82) is 0 Å². The number of fused-ring (bicyclic) bond motifs is 1. The van der Waals surface area contributed by atoms with Crippen molar-refractivity contribution in [2.45, 2.75) is 62.9 Å². The van der Waals surface area contributed by atoms with E-state index in [1.54, 1.807) is 4.90 Å². The summed E-state index contributed by atoms with van der Waals surface area (Å²) in [5.74, 6) is 1.10. The summed E-state index contributed by atoms with van der Waals surface area (Å²) >= 11 is 1.91. The van der Waals surface area contributed by atoms with E-state index in [0.29, 0.717) is 18.2 Å². The molecule has 0 aliphatic carbocycles. The summed E-state index contributed by atoms with van der Waals surface area (Å²) in [6.07, 6.45) is 3.42. The monoisotopic (exact) mass is 329 g/mol. The highest BCUT2D eigenvalue weighted by Gasteiger charge is 2.42. The molecular formula is C15H27N3O3S. The summed E-state index contributed by atoms with van der Waals surface area (Å²) < 4.78 is 0. The molecule has 0 bridgehead atoms. The number of nitrogens with one attached hydrogen (secondary N) is 2. The van der Waals surface area contributed by atoms with Crippen molar-refractivity contribution in [2.24, 2.45) is 0 Å². The highest BCUT2D eigenvalue weighted by atomic mass is 32.2. The molecule has 3 atom stereocenters. The summed E-state index contributed by atoms with van der Waals surface area (Å²) in [7, 11) is 0. The second kappa shape index (κ2) is 8.06. The fourth-order valence-corrected chi connectivity index (χ4v) is 4.73. The Bertz CT molecular complexity index is 405. The molecule has 2 heterocycles. The van der Waals surface area contributed by atoms with Gasteiger partial charge in [-0.1, -0.05) is 6.42 Å². The van der Waals surface area contributed by atoms with Gasteiger partial charge in [-0.05, 0) is 26.7 Å². The van der Waals surface area contributed by atoms with Gasteiger partial charge in [0.05, 0.1) is 18.7 Å². The van der Waals surface area contributed by atoms with Crippen LogP contribution in [-0.2, 0) is 4.79 Å². The summed E-state index contributed by atoms with van der Waals surface area (Å²) in [5, 5.41) is 15.4. The number of hydrogen-bond donors (Lipinski definition) is 3. The maximum Gasteiger partial charge on any atom is 0.315 e. The first-order chi connectivity index (χ1) is 10.5. The van der Waals surface area contributed by atoms with Crippen molar-refractivity contribution < 1.29 is 14.7 Å². The van der Waals surface area contributed by atoms with Crippen LogP contribution in [0.1, 0.15) is 39.5 Å². The molecule has 2 rings (SSSR count). The minimum Gasteiger partial charge on any atom is -0.395 e. The average molecular weight is 329 g/mol. The Balaban J connectivity index is 1.66. The molecule has 0 spiro atoms. The molecule has 7 heteroatoms. The third kappa shape index (κ3) is 4.29. The minimum absolute atomic E-state index is 0.0123. The second-order valence-electron chi connectivity index (χ2n) is 6.27. The molecule has 22 heavy (non-hydrogen) atoms. The Hall–Kier alpha value is -0.950. The molecule has 126 valence electrons. The van der Waals surface area contributed by atoms with E-state index in [1.165, 1.54) is 0 Å². The lowest BCUT2D eigenvalue weighted by Crippen LogP contribution is -2.39. The van der Waals surface area contributed by atoms with Crippen molar-refractivity contribution >= 4 is 23.7 Å². The van der Waals surface area contributed by atoms with Crippen LogP contribution in [-0.4, -0.2) is 64.2 Å². The third-order valence-electron chi connectivity index (χ3n) is 4.35. The van der Waals surface area contributed by atoms with Gasteiger partial charge < -0.3 is 20.6 Å². The lowest BCUT2D eigenvalue weighted by molar-refractivity contribution is -0.133. The van der Waals surface area contributed by atoms with Crippen LogP contribution >= 0.6 is 11.8 Å². The smallest absolute Gasteiger partial charge is 0.315 e. The molecule has 0 aromatic rings. The number of unbranched alkanes of at least 4 members (excludes halogenated alkanes) is 1. The molecule has 0 unspecified atom stereocenters. The van der Waals surface area contributed by atoms with Crippen molar-refractivity contribution in [2.75, 3.05) is 18.9 Å². The van der Waals surface area contributed by atoms with Gasteiger partial charge in [0.15, 0.2) is 0 Å². The Morgan fingerprint density at radius 1 is 1.41 bits per heavy atom. The summed E-state index contributed by atoms with van der Waals surface area (Å²) in [6.45, 7) is 4.37. The summed E-state index contributed by atoms with van der Waals surface area (Å²) in [4.78, 5) is 25.2. The van der Waals surface area contributed by atoms with Gasteiger partial charge in [0.2, 0.25) is 5.91 Å². The van der Waals surface area contributed by atoms with Gasteiger partial charge in [-0.3, -0.25) is 4.79 Å². The van der Waals surface area contributed by atoms with Gasteiger partial charge in [-0.25, -0.2) is 4.79 Å². The molecule has 0 aromatic carbocycles. The van der Waals surface area contributed by atoms with E-state index in [1.807, 2.05) is 25.6 Å². The van der Waals surface area contributed by atoms with Crippen LogP contribution in [0.25, 0.3) is 0 Å². The first-order valence-electron chi connectivity index (χ1n) is 8.12. The quantitative estimate of drug-likeness (QED) is 0.457. The topological polar surface area (TPSA) is 81.7 Å². The number of urea groups is 1. The molecule has 3 N–H and O–H groups in total. The van der Waals surface area contributed by atoms with Crippen LogP contribution in [0.2, 0.25) is 0 Å². The van der Waals surface area contributed by atoms with E-state index in [9.17, 15) is 9.59 Å². The Morgan fingerprint density at radius 2 is 2.18 bits per heavy atom. The predicted octanol–water partition coefficient (Wildman–Crippen LogP) is 0.941. The molecule has 2 aliphatic rings. The normalized spacial score (nSPS) is 26.7. The van der Waals surface area contributed by atoms with Crippen molar-refractivity contribution in [3.63, 3.8) is 0 Å².